The molecule has 0 amide bonds. The van der Waals surface area contributed by atoms with Crippen LogP contribution in [0.15, 0.2) is 24.3 Å². The summed E-state index contributed by atoms with van der Waals surface area (Å²) in [7, 11) is 0. The van der Waals surface area contributed by atoms with E-state index in [2.05, 4.69) is 0 Å². The summed E-state index contributed by atoms with van der Waals surface area (Å²) in [6.07, 6.45) is -0.680. The second-order valence-corrected chi connectivity index (χ2v) is 6.01. The summed E-state index contributed by atoms with van der Waals surface area (Å²) >= 11 is 0. The zero-order valence-corrected chi connectivity index (χ0v) is 11.5. The largest absolute Gasteiger partial charge is 0.456 e. The van der Waals surface area contributed by atoms with Crippen LogP contribution in [0.4, 0.5) is 4.39 Å². The molecule has 0 bridgehead atoms. The third kappa shape index (κ3) is 2.05. The van der Waals surface area contributed by atoms with Crippen molar-refractivity contribution in [2.24, 2.45) is 10.8 Å². The fourth-order valence-electron chi connectivity index (χ4n) is 2.54. The quantitative estimate of drug-likeness (QED) is 0.578. The van der Waals surface area contributed by atoms with Crippen LogP contribution in [0.2, 0.25) is 0 Å². The van der Waals surface area contributed by atoms with Crippen LogP contribution in [0.25, 0.3) is 0 Å². The Kier molecular flexibility index (Phi) is 3.00. The van der Waals surface area contributed by atoms with Gasteiger partial charge in [-0.25, -0.2) is 4.39 Å². The normalized spacial score (nSPS) is 25.0. The van der Waals surface area contributed by atoms with Gasteiger partial charge in [-0.2, -0.15) is 0 Å². The minimum absolute atomic E-state index is 0.162. The summed E-state index contributed by atoms with van der Waals surface area (Å²) in [6.45, 7) is 6.63. The van der Waals surface area contributed by atoms with E-state index < -0.39 is 22.9 Å². The number of benzene rings is 1. The highest BCUT2D eigenvalue weighted by atomic mass is 19.1. The minimum Gasteiger partial charge on any atom is -0.456 e. The van der Waals surface area contributed by atoms with Crippen LogP contribution in [0.3, 0.4) is 0 Å². The minimum atomic E-state index is -1.14. The average Bonchev–Trinajstić information content (AvgIpc) is 2.34. The Hall–Kier alpha value is -1.71. The van der Waals surface area contributed by atoms with Gasteiger partial charge in [-0.15, -0.1) is 0 Å². The Balaban J connectivity index is 2.45. The molecule has 0 radical (unpaired) electrons. The maximum Gasteiger partial charge on any atom is 0.319 e. The predicted molar refractivity (Wildman–Crippen MR) is 67.8 cm³/mol. The molecule has 0 aromatic heterocycles. The summed E-state index contributed by atoms with van der Waals surface area (Å²) in [4.78, 5) is 24.4. The fraction of sp³-hybridized carbons (Fsp3) is 0.467. The van der Waals surface area contributed by atoms with Gasteiger partial charge in [-0.1, -0.05) is 12.1 Å². The number of carbonyl (C=O) groups excluding carboxylic acids is 2. The van der Waals surface area contributed by atoms with Crippen molar-refractivity contribution in [2.45, 2.75) is 33.8 Å². The van der Waals surface area contributed by atoms with Crippen molar-refractivity contribution in [3.8, 4) is 0 Å². The summed E-state index contributed by atoms with van der Waals surface area (Å²) in [5, 5.41) is 0. The number of ketones is 1. The lowest BCUT2D eigenvalue weighted by Gasteiger charge is -2.43. The summed E-state index contributed by atoms with van der Waals surface area (Å²) in [6, 6.07) is 5.67. The Labute approximate surface area is 111 Å². The molecule has 1 atom stereocenters. The van der Waals surface area contributed by atoms with Crippen molar-refractivity contribution in [1.82, 2.24) is 0 Å². The van der Waals surface area contributed by atoms with Crippen molar-refractivity contribution >= 4 is 11.8 Å². The maximum absolute atomic E-state index is 12.9. The number of hydrogen-bond acceptors (Lipinski definition) is 3. The molecule has 0 N–H and O–H groups in total. The van der Waals surface area contributed by atoms with E-state index in [9.17, 15) is 14.0 Å². The van der Waals surface area contributed by atoms with Crippen molar-refractivity contribution in [2.75, 3.05) is 0 Å². The van der Waals surface area contributed by atoms with E-state index in [0.717, 1.165) is 0 Å². The smallest absolute Gasteiger partial charge is 0.319 e. The molecule has 4 heteroatoms. The first-order chi connectivity index (χ1) is 8.67. The number of hydrogen-bond donors (Lipinski definition) is 0. The van der Waals surface area contributed by atoms with Gasteiger partial charge in [0.25, 0.3) is 0 Å². The molecule has 1 heterocycles. The zero-order valence-electron chi connectivity index (χ0n) is 11.5. The first-order valence-electron chi connectivity index (χ1n) is 6.19. The predicted octanol–water partition coefficient (Wildman–Crippen LogP) is 3.05. The lowest BCUT2D eigenvalue weighted by atomic mass is 9.67. The molecule has 19 heavy (non-hydrogen) atoms. The van der Waals surface area contributed by atoms with Crippen molar-refractivity contribution < 1.29 is 18.7 Å². The van der Waals surface area contributed by atoms with Crippen LogP contribution < -0.4 is 0 Å². The van der Waals surface area contributed by atoms with E-state index in [-0.39, 0.29) is 11.6 Å². The molecular weight excluding hydrogens is 247 g/mol. The molecule has 1 aliphatic rings. The molecule has 1 saturated heterocycles. The Morgan fingerprint density at radius 1 is 1.05 bits per heavy atom. The molecule has 0 unspecified atom stereocenters. The Morgan fingerprint density at radius 2 is 1.58 bits per heavy atom. The summed E-state index contributed by atoms with van der Waals surface area (Å²) in [5.41, 5.74) is -1.35. The number of cyclic esters (lactones) is 1. The van der Waals surface area contributed by atoms with Gasteiger partial charge in [-0.05, 0) is 45.4 Å². The Bertz CT molecular complexity index is 529. The third-order valence-corrected chi connectivity index (χ3v) is 3.72. The van der Waals surface area contributed by atoms with E-state index in [4.69, 9.17) is 4.74 Å². The van der Waals surface area contributed by atoms with Crippen LogP contribution in [0.5, 0.6) is 0 Å². The standard InChI is InChI=1S/C15H17FO3/c1-14(2)11(9-5-7-10(16)8-6-9)19-13(18)15(3,4)12(14)17/h5-8,11H,1-4H3/t11-/m0/s1. The first kappa shape index (κ1) is 13.7. The summed E-state index contributed by atoms with van der Waals surface area (Å²) in [5.74, 6) is -1.06. The van der Waals surface area contributed by atoms with Gasteiger partial charge in [0.1, 0.15) is 17.3 Å². The number of carbonyl (C=O) groups is 2. The molecular formula is C15H17FO3. The molecule has 3 nitrogen and oxygen atoms in total. The Morgan fingerprint density at radius 3 is 2.11 bits per heavy atom. The number of ether oxygens (including phenoxy) is 1. The molecule has 0 spiro atoms. The highest BCUT2D eigenvalue weighted by molar-refractivity contribution is 6.07. The number of halogens is 1. The summed E-state index contributed by atoms with van der Waals surface area (Å²) < 4.78 is 18.4. The number of Topliss-reactive ketones (excluding diaryl/α,β-unsaturated/α-hetero) is 1. The van der Waals surface area contributed by atoms with Crippen molar-refractivity contribution in [3.63, 3.8) is 0 Å². The fourth-order valence-corrected chi connectivity index (χ4v) is 2.54. The second-order valence-electron chi connectivity index (χ2n) is 6.01. The van der Waals surface area contributed by atoms with E-state index in [1.807, 2.05) is 0 Å². The lowest BCUT2D eigenvalue weighted by Crippen LogP contribution is -2.52. The zero-order chi connectivity index (χ0) is 14.4. The van der Waals surface area contributed by atoms with E-state index >= 15 is 0 Å². The van der Waals surface area contributed by atoms with Gasteiger partial charge in [0.05, 0.1) is 5.41 Å². The molecule has 2 rings (SSSR count). The molecule has 1 aromatic carbocycles. The highest BCUT2D eigenvalue weighted by Crippen LogP contribution is 2.47. The van der Waals surface area contributed by atoms with Gasteiger partial charge in [-0.3, -0.25) is 9.59 Å². The topological polar surface area (TPSA) is 43.4 Å². The average molecular weight is 264 g/mol. The lowest BCUT2D eigenvalue weighted by molar-refractivity contribution is -0.186. The first-order valence-corrected chi connectivity index (χ1v) is 6.19. The van der Waals surface area contributed by atoms with Crippen molar-refractivity contribution in [3.05, 3.63) is 35.6 Å². The van der Waals surface area contributed by atoms with Crippen LogP contribution >= 0.6 is 0 Å². The van der Waals surface area contributed by atoms with Crippen LogP contribution in [0.1, 0.15) is 39.4 Å². The van der Waals surface area contributed by atoms with Gasteiger partial charge in [0.15, 0.2) is 5.78 Å². The molecule has 102 valence electrons. The van der Waals surface area contributed by atoms with Gasteiger partial charge < -0.3 is 4.74 Å². The maximum atomic E-state index is 12.9. The second kappa shape index (κ2) is 4.15. The third-order valence-electron chi connectivity index (χ3n) is 3.72. The molecule has 1 aromatic rings. The van der Waals surface area contributed by atoms with Gasteiger partial charge >= 0.3 is 5.97 Å². The molecule has 1 fully saturated rings. The van der Waals surface area contributed by atoms with E-state index in [1.54, 1.807) is 39.8 Å². The SMILES string of the molecule is CC1(C)C(=O)O[C@@H](c2ccc(F)cc2)C(C)(C)C1=O. The van der Waals surface area contributed by atoms with E-state index in [0.29, 0.717) is 5.56 Å². The highest BCUT2D eigenvalue weighted by Gasteiger charge is 2.55. The number of esters is 1. The van der Waals surface area contributed by atoms with E-state index in [1.165, 1.54) is 12.1 Å². The molecule has 0 saturated carbocycles. The molecule has 0 aliphatic carbocycles. The van der Waals surface area contributed by atoms with Gasteiger partial charge in [0, 0.05) is 0 Å². The monoisotopic (exact) mass is 264 g/mol. The van der Waals surface area contributed by atoms with Crippen molar-refractivity contribution in [1.29, 1.82) is 0 Å². The van der Waals surface area contributed by atoms with Crippen LogP contribution in [0, 0.1) is 16.6 Å². The van der Waals surface area contributed by atoms with Crippen LogP contribution in [-0.4, -0.2) is 11.8 Å². The molecule has 1 aliphatic heterocycles. The van der Waals surface area contributed by atoms with Crippen LogP contribution in [-0.2, 0) is 14.3 Å². The number of rotatable bonds is 1. The van der Waals surface area contributed by atoms with Gasteiger partial charge in [0.2, 0.25) is 0 Å².